The zero-order chi connectivity index (χ0) is 18.3. The van der Waals surface area contributed by atoms with Gasteiger partial charge in [-0.25, -0.2) is 0 Å². The second-order valence-electron chi connectivity index (χ2n) is 6.19. The van der Waals surface area contributed by atoms with Crippen molar-refractivity contribution in [1.29, 1.82) is 0 Å². The van der Waals surface area contributed by atoms with E-state index < -0.39 is 0 Å². The van der Waals surface area contributed by atoms with Gasteiger partial charge in [0.05, 0.1) is 0 Å². The van der Waals surface area contributed by atoms with Gasteiger partial charge in [0.1, 0.15) is 0 Å². The van der Waals surface area contributed by atoms with Gasteiger partial charge in [-0.1, -0.05) is 62.0 Å². The lowest BCUT2D eigenvalue weighted by Crippen LogP contribution is -1.61. The molecule has 28 heavy (non-hydrogen) atoms. The Balaban J connectivity index is 0.000000118. The summed E-state index contributed by atoms with van der Waals surface area (Å²) < 4.78 is 0. The normalized spacial score (nSPS) is 9.86. The molecule has 3 heterocycles. The molecule has 3 aromatic carbocycles. The third-order valence-electron chi connectivity index (χ3n) is 4.39. The van der Waals surface area contributed by atoms with Crippen molar-refractivity contribution in [3.05, 3.63) is 110 Å². The van der Waals surface area contributed by atoms with E-state index in [1.807, 2.05) is 55.0 Å². The van der Waals surface area contributed by atoms with Crippen molar-refractivity contribution in [3.8, 4) is 0 Å². The molecule has 0 aliphatic carbocycles. The largest absolute Gasteiger partial charge is 0.361 e. The van der Waals surface area contributed by atoms with Gasteiger partial charge in [0.2, 0.25) is 0 Å². The van der Waals surface area contributed by atoms with Crippen LogP contribution in [0.5, 0.6) is 0 Å². The van der Waals surface area contributed by atoms with Crippen LogP contribution in [0.1, 0.15) is 7.43 Å². The minimum absolute atomic E-state index is 0. The predicted octanol–water partition coefficient (Wildman–Crippen LogP) is 7.14. The molecular formula is C25H25N3. The lowest BCUT2D eigenvalue weighted by molar-refractivity contribution is 1.48. The molecule has 6 aromatic rings. The summed E-state index contributed by atoms with van der Waals surface area (Å²) in [6.45, 7) is 0. The zero-order valence-corrected chi connectivity index (χ0v) is 14.9. The number of aromatic nitrogens is 3. The van der Waals surface area contributed by atoms with Crippen LogP contribution in [0.3, 0.4) is 0 Å². The zero-order valence-electron chi connectivity index (χ0n) is 14.9. The maximum Gasteiger partial charge on any atom is 0.0453 e. The number of para-hydroxylation sites is 3. The lowest BCUT2D eigenvalue weighted by atomic mass is 10.3. The third kappa shape index (κ3) is 4.51. The van der Waals surface area contributed by atoms with E-state index in [1.165, 1.54) is 32.7 Å². The lowest BCUT2D eigenvalue weighted by Gasteiger charge is -1.83. The fourth-order valence-electron chi connectivity index (χ4n) is 2.99. The molecular weight excluding hydrogens is 342 g/mol. The van der Waals surface area contributed by atoms with Crippen LogP contribution in [0.4, 0.5) is 0 Å². The molecule has 0 bridgehead atoms. The highest BCUT2D eigenvalue weighted by Crippen LogP contribution is 2.10. The van der Waals surface area contributed by atoms with Gasteiger partial charge < -0.3 is 15.0 Å². The Bertz CT molecular complexity index is 993. The molecule has 3 heteroatoms. The summed E-state index contributed by atoms with van der Waals surface area (Å²) in [6, 6.07) is 30.8. The van der Waals surface area contributed by atoms with Crippen molar-refractivity contribution in [2.75, 3.05) is 0 Å². The van der Waals surface area contributed by atoms with Crippen molar-refractivity contribution >= 4 is 32.7 Å². The molecule has 3 nitrogen and oxygen atoms in total. The first kappa shape index (κ1) is 19.1. The Labute approximate surface area is 165 Å². The Morgan fingerprint density at radius 2 is 0.643 bits per heavy atom. The van der Waals surface area contributed by atoms with E-state index in [0.29, 0.717) is 0 Å². The molecule has 0 atom stereocenters. The minimum atomic E-state index is 0. The average Bonchev–Trinajstić information content (AvgIpc) is 3.48. The molecule has 0 radical (unpaired) electrons. The van der Waals surface area contributed by atoms with Crippen molar-refractivity contribution in [2.24, 2.45) is 0 Å². The third-order valence-corrected chi connectivity index (χ3v) is 4.39. The maximum atomic E-state index is 3.12. The van der Waals surface area contributed by atoms with Gasteiger partial charge in [-0.15, -0.1) is 0 Å². The summed E-state index contributed by atoms with van der Waals surface area (Å²) in [4.78, 5) is 9.36. The van der Waals surface area contributed by atoms with E-state index in [4.69, 9.17) is 0 Å². The van der Waals surface area contributed by atoms with Crippen LogP contribution in [0.15, 0.2) is 110 Å². The SMILES string of the molecule is C.c1ccc2[nH]ccc2c1.c1ccc2[nH]ccc2c1.c1ccc2[nH]ccc2c1. The van der Waals surface area contributed by atoms with E-state index in [0.717, 1.165) is 0 Å². The molecule has 3 N–H and O–H groups in total. The van der Waals surface area contributed by atoms with E-state index in [1.54, 1.807) is 0 Å². The Hall–Kier alpha value is -3.72. The fourth-order valence-corrected chi connectivity index (χ4v) is 2.99. The predicted molar refractivity (Wildman–Crippen MR) is 122 cm³/mol. The van der Waals surface area contributed by atoms with Crippen LogP contribution < -0.4 is 0 Å². The number of benzene rings is 3. The molecule has 6 rings (SSSR count). The highest BCUT2D eigenvalue weighted by molar-refractivity contribution is 5.80. The van der Waals surface area contributed by atoms with E-state index >= 15 is 0 Å². The van der Waals surface area contributed by atoms with Crippen molar-refractivity contribution < 1.29 is 0 Å². The van der Waals surface area contributed by atoms with E-state index in [2.05, 4.69) is 69.5 Å². The number of rotatable bonds is 0. The van der Waals surface area contributed by atoms with Crippen LogP contribution >= 0.6 is 0 Å². The molecule has 0 aliphatic rings. The smallest absolute Gasteiger partial charge is 0.0453 e. The summed E-state index contributed by atoms with van der Waals surface area (Å²) in [5, 5.41) is 3.83. The van der Waals surface area contributed by atoms with Crippen molar-refractivity contribution in [3.63, 3.8) is 0 Å². The standard InChI is InChI=1S/3C8H7N.CH4/c3*1-2-4-8-7(3-1)5-6-9-8;/h3*1-6,9H;1H4. The fraction of sp³-hybridized carbons (Fsp3) is 0.0400. The van der Waals surface area contributed by atoms with Gasteiger partial charge in [-0.2, -0.15) is 0 Å². The van der Waals surface area contributed by atoms with Gasteiger partial charge in [0.15, 0.2) is 0 Å². The van der Waals surface area contributed by atoms with Crippen LogP contribution in [0.2, 0.25) is 0 Å². The summed E-state index contributed by atoms with van der Waals surface area (Å²) in [5.74, 6) is 0. The molecule has 0 aliphatic heterocycles. The first-order valence-corrected chi connectivity index (χ1v) is 8.96. The molecule has 0 amide bonds. The Kier molecular flexibility index (Phi) is 6.32. The second kappa shape index (κ2) is 9.28. The number of H-pyrrole nitrogens is 3. The molecule has 140 valence electrons. The van der Waals surface area contributed by atoms with E-state index in [9.17, 15) is 0 Å². The molecule has 0 spiro atoms. The topological polar surface area (TPSA) is 47.4 Å². The highest BCUT2D eigenvalue weighted by Gasteiger charge is 1.88. The maximum absolute atomic E-state index is 3.12. The van der Waals surface area contributed by atoms with Crippen molar-refractivity contribution in [2.45, 2.75) is 7.43 Å². The number of aromatic amines is 3. The van der Waals surface area contributed by atoms with Gasteiger partial charge >= 0.3 is 0 Å². The second-order valence-corrected chi connectivity index (χ2v) is 6.19. The minimum Gasteiger partial charge on any atom is -0.361 e. The first-order valence-electron chi connectivity index (χ1n) is 8.96. The van der Waals surface area contributed by atoms with Crippen LogP contribution in [0.25, 0.3) is 32.7 Å². The van der Waals surface area contributed by atoms with Crippen LogP contribution in [0, 0.1) is 0 Å². The van der Waals surface area contributed by atoms with Crippen LogP contribution in [-0.4, -0.2) is 15.0 Å². The Morgan fingerprint density at radius 1 is 0.357 bits per heavy atom. The Morgan fingerprint density at radius 3 is 0.929 bits per heavy atom. The molecule has 0 saturated heterocycles. The van der Waals surface area contributed by atoms with Gasteiger partial charge in [-0.05, 0) is 52.6 Å². The summed E-state index contributed by atoms with van der Waals surface area (Å²) in [6.07, 6.45) is 5.85. The molecule has 3 aromatic heterocycles. The molecule has 0 fully saturated rings. The first-order chi connectivity index (χ1) is 13.4. The van der Waals surface area contributed by atoms with Crippen molar-refractivity contribution in [1.82, 2.24) is 15.0 Å². The van der Waals surface area contributed by atoms with E-state index in [-0.39, 0.29) is 7.43 Å². The monoisotopic (exact) mass is 367 g/mol. The molecule has 0 unspecified atom stereocenters. The summed E-state index contributed by atoms with van der Waals surface area (Å²) in [7, 11) is 0. The van der Waals surface area contributed by atoms with Gasteiger partial charge in [-0.3, -0.25) is 0 Å². The average molecular weight is 367 g/mol. The van der Waals surface area contributed by atoms with Gasteiger partial charge in [0.25, 0.3) is 0 Å². The number of hydrogen-bond acceptors (Lipinski definition) is 0. The highest BCUT2D eigenvalue weighted by atomic mass is 14.7. The van der Waals surface area contributed by atoms with Gasteiger partial charge in [0, 0.05) is 35.1 Å². The number of fused-ring (bicyclic) bond motifs is 3. The number of nitrogens with one attached hydrogen (secondary N) is 3. The summed E-state index contributed by atoms with van der Waals surface area (Å²) >= 11 is 0. The quantitative estimate of drug-likeness (QED) is 0.255. The number of hydrogen-bond donors (Lipinski definition) is 3. The summed E-state index contributed by atoms with van der Waals surface area (Å²) in [5.41, 5.74) is 3.62. The van der Waals surface area contributed by atoms with Crippen LogP contribution in [-0.2, 0) is 0 Å². The molecule has 0 saturated carbocycles.